The summed E-state index contributed by atoms with van der Waals surface area (Å²) < 4.78 is 4.88. The fourth-order valence-electron chi connectivity index (χ4n) is 0.995. The summed E-state index contributed by atoms with van der Waals surface area (Å²) >= 11 is 0. The molecule has 7 nitrogen and oxygen atoms in total. The van der Waals surface area contributed by atoms with Crippen molar-refractivity contribution >= 4 is 18.0 Å². The molecule has 0 aliphatic rings. The maximum atomic E-state index is 10.7. The number of hydrogen-bond acceptors (Lipinski definition) is 5. The van der Waals surface area contributed by atoms with E-state index in [1.807, 2.05) is 5.43 Å². The van der Waals surface area contributed by atoms with Crippen molar-refractivity contribution < 1.29 is 19.4 Å². The highest BCUT2D eigenvalue weighted by Crippen LogP contribution is 2.25. The van der Waals surface area contributed by atoms with E-state index < -0.39 is 11.8 Å². The topological polar surface area (TPSA) is 114 Å². The number of methoxy groups -OCH3 is 1. The number of nitrogens with two attached hydrogens (primary N) is 1. The molecule has 0 saturated carbocycles. The van der Waals surface area contributed by atoms with Gasteiger partial charge in [0.05, 0.1) is 13.3 Å². The van der Waals surface area contributed by atoms with Crippen LogP contribution in [0, 0.1) is 0 Å². The highest BCUT2D eigenvalue weighted by atomic mass is 16.5. The van der Waals surface area contributed by atoms with Crippen molar-refractivity contribution in [3.05, 3.63) is 23.8 Å². The number of nitrogens with one attached hydrogen (secondary N) is 1. The summed E-state index contributed by atoms with van der Waals surface area (Å²) in [6, 6.07) is 4.48. The maximum Gasteiger partial charge on any atom is 0.329 e. The third-order valence-corrected chi connectivity index (χ3v) is 1.81. The van der Waals surface area contributed by atoms with Crippen LogP contribution < -0.4 is 15.9 Å². The fourth-order valence-corrected chi connectivity index (χ4v) is 0.995. The van der Waals surface area contributed by atoms with Gasteiger partial charge in [0.15, 0.2) is 11.5 Å². The lowest BCUT2D eigenvalue weighted by atomic mass is 10.2. The number of carbonyl (C=O) groups is 2. The highest BCUT2D eigenvalue weighted by Gasteiger charge is 2.05. The van der Waals surface area contributed by atoms with Crippen LogP contribution in [0.15, 0.2) is 23.3 Å². The number of benzene rings is 1. The fraction of sp³-hybridized carbons (Fsp3) is 0.100. The monoisotopic (exact) mass is 237 g/mol. The average Bonchev–Trinajstić information content (AvgIpc) is 2.31. The number of carbonyl (C=O) groups excluding carboxylic acids is 2. The van der Waals surface area contributed by atoms with Gasteiger partial charge < -0.3 is 15.6 Å². The van der Waals surface area contributed by atoms with Crippen molar-refractivity contribution in [2.45, 2.75) is 0 Å². The largest absolute Gasteiger partial charge is 0.504 e. The molecule has 0 unspecified atom stereocenters. The number of rotatable bonds is 3. The normalized spacial score (nSPS) is 10.2. The van der Waals surface area contributed by atoms with Crippen molar-refractivity contribution in [1.82, 2.24) is 5.43 Å². The Labute approximate surface area is 96.9 Å². The molecule has 0 spiro atoms. The molecule has 7 heteroatoms. The molecule has 0 aliphatic heterocycles. The number of phenols is 1. The molecule has 1 rings (SSSR count). The molecule has 90 valence electrons. The standard InChI is InChI=1S/C10H11N3O4/c1-17-8-4-6(2-3-7(8)14)5-12-13-10(16)9(11)15/h2-5,14H,1H3,(H2,11,15)(H,13,16)/b12-5-. The molecule has 2 amide bonds. The van der Waals surface area contributed by atoms with Gasteiger partial charge in [0.25, 0.3) is 0 Å². The first-order valence-electron chi connectivity index (χ1n) is 4.54. The molecule has 0 atom stereocenters. The third-order valence-electron chi connectivity index (χ3n) is 1.81. The number of primary amides is 1. The minimum Gasteiger partial charge on any atom is -0.504 e. The first-order chi connectivity index (χ1) is 8.04. The number of aromatic hydroxyl groups is 1. The third kappa shape index (κ3) is 3.49. The summed E-state index contributed by atoms with van der Waals surface area (Å²) in [6.45, 7) is 0. The Morgan fingerprint density at radius 1 is 1.53 bits per heavy atom. The molecular weight excluding hydrogens is 226 g/mol. The van der Waals surface area contributed by atoms with Gasteiger partial charge in [-0.2, -0.15) is 5.10 Å². The molecule has 0 aromatic heterocycles. The van der Waals surface area contributed by atoms with Gasteiger partial charge in [-0.1, -0.05) is 0 Å². The van der Waals surface area contributed by atoms with Crippen LogP contribution in [0.4, 0.5) is 0 Å². The maximum absolute atomic E-state index is 10.7. The molecule has 0 aliphatic carbocycles. The van der Waals surface area contributed by atoms with Gasteiger partial charge in [-0.05, 0) is 23.8 Å². The van der Waals surface area contributed by atoms with E-state index in [1.54, 1.807) is 6.07 Å². The molecule has 0 heterocycles. The van der Waals surface area contributed by atoms with Gasteiger partial charge in [0.2, 0.25) is 0 Å². The highest BCUT2D eigenvalue weighted by molar-refractivity contribution is 6.34. The van der Waals surface area contributed by atoms with E-state index in [0.717, 1.165) is 0 Å². The van der Waals surface area contributed by atoms with E-state index >= 15 is 0 Å². The van der Waals surface area contributed by atoms with Gasteiger partial charge in [-0.3, -0.25) is 9.59 Å². The lowest BCUT2D eigenvalue weighted by Gasteiger charge is -2.03. The Bertz CT molecular complexity index is 471. The zero-order valence-electron chi connectivity index (χ0n) is 9.01. The van der Waals surface area contributed by atoms with E-state index in [4.69, 9.17) is 10.5 Å². The Hall–Kier alpha value is -2.57. The molecule has 1 aromatic carbocycles. The number of ether oxygens (including phenoxy) is 1. The number of nitrogens with zero attached hydrogens (tertiary/aromatic N) is 1. The van der Waals surface area contributed by atoms with E-state index in [0.29, 0.717) is 5.56 Å². The molecule has 17 heavy (non-hydrogen) atoms. The van der Waals surface area contributed by atoms with Crippen LogP contribution in [0.1, 0.15) is 5.56 Å². The molecule has 1 aromatic rings. The van der Waals surface area contributed by atoms with Crippen molar-refractivity contribution in [2.75, 3.05) is 7.11 Å². The second-order valence-corrected chi connectivity index (χ2v) is 2.99. The van der Waals surface area contributed by atoms with Crippen LogP contribution in [-0.2, 0) is 9.59 Å². The minimum absolute atomic E-state index is 0.00850. The van der Waals surface area contributed by atoms with Gasteiger partial charge in [-0.25, -0.2) is 5.43 Å². The van der Waals surface area contributed by atoms with Crippen LogP contribution in [0.3, 0.4) is 0 Å². The number of amides is 2. The number of phenolic OH excluding ortho intramolecular Hbond substituents is 1. The van der Waals surface area contributed by atoms with E-state index in [2.05, 4.69) is 5.10 Å². The molecule has 4 N–H and O–H groups in total. The summed E-state index contributed by atoms with van der Waals surface area (Å²) in [5, 5.41) is 12.8. The predicted molar refractivity (Wildman–Crippen MR) is 59.6 cm³/mol. The number of hydrazone groups is 1. The Kier molecular flexibility index (Phi) is 4.04. The summed E-state index contributed by atoms with van der Waals surface area (Å²) in [4.78, 5) is 21.1. The van der Waals surface area contributed by atoms with Crippen LogP contribution in [0.25, 0.3) is 0 Å². The molecule has 0 bridgehead atoms. The minimum atomic E-state index is -1.12. The van der Waals surface area contributed by atoms with Crippen molar-refractivity contribution in [2.24, 2.45) is 10.8 Å². The Balaban J connectivity index is 2.72. The summed E-state index contributed by atoms with van der Waals surface area (Å²) in [5.74, 6) is -1.86. The Morgan fingerprint density at radius 3 is 2.82 bits per heavy atom. The quantitative estimate of drug-likeness (QED) is 0.367. The zero-order chi connectivity index (χ0) is 12.8. The van der Waals surface area contributed by atoms with E-state index in [-0.39, 0.29) is 11.5 Å². The lowest BCUT2D eigenvalue weighted by Crippen LogP contribution is -2.32. The molecule has 0 saturated heterocycles. The first kappa shape index (κ1) is 12.5. The first-order valence-corrected chi connectivity index (χ1v) is 4.54. The van der Waals surface area contributed by atoms with E-state index in [9.17, 15) is 14.7 Å². The lowest BCUT2D eigenvalue weighted by molar-refractivity contribution is -0.137. The SMILES string of the molecule is COc1cc(/C=N\NC(=O)C(N)=O)ccc1O. The number of hydrogen-bond donors (Lipinski definition) is 3. The van der Waals surface area contributed by atoms with Gasteiger partial charge in [-0.15, -0.1) is 0 Å². The van der Waals surface area contributed by atoms with Gasteiger partial charge in [0, 0.05) is 0 Å². The predicted octanol–water partition coefficient (Wildman–Crippen LogP) is -0.664. The van der Waals surface area contributed by atoms with E-state index in [1.165, 1.54) is 25.5 Å². The Morgan fingerprint density at radius 2 is 2.24 bits per heavy atom. The van der Waals surface area contributed by atoms with Gasteiger partial charge in [0.1, 0.15) is 0 Å². The average molecular weight is 237 g/mol. The van der Waals surface area contributed by atoms with Crippen LogP contribution in [-0.4, -0.2) is 30.2 Å². The van der Waals surface area contributed by atoms with Crippen LogP contribution in [0.2, 0.25) is 0 Å². The van der Waals surface area contributed by atoms with Crippen molar-refractivity contribution in [3.63, 3.8) is 0 Å². The van der Waals surface area contributed by atoms with Crippen molar-refractivity contribution in [3.8, 4) is 11.5 Å². The van der Waals surface area contributed by atoms with Gasteiger partial charge >= 0.3 is 11.8 Å². The molecular formula is C10H11N3O4. The zero-order valence-corrected chi connectivity index (χ0v) is 9.01. The van der Waals surface area contributed by atoms with Crippen LogP contribution >= 0.6 is 0 Å². The molecule has 0 fully saturated rings. The second-order valence-electron chi connectivity index (χ2n) is 2.99. The second kappa shape index (κ2) is 5.50. The molecule has 0 radical (unpaired) electrons. The smallest absolute Gasteiger partial charge is 0.329 e. The summed E-state index contributed by atoms with van der Waals surface area (Å²) in [5.41, 5.74) is 7.21. The van der Waals surface area contributed by atoms with Crippen molar-refractivity contribution in [1.29, 1.82) is 0 Å². The summed E-state index contributed by atoms with van der Waals surface area (Å²) in [7, 11) is 1.41. The van der Waals surface area contributed by atoms with Crippen LogP contribution in [0.5, 0.6) is 11.5 Å². The summed E-state index contributed by atoms with van der Waals surface area (Å²) in [6.07, 6.45) is 1.28.